The van der Waals surface area contributed by atoms with Gasteiger partial charge in [-0.1, -0.05) is 11.3 Å². The molecule has 0 aliphatic carbocycles. The van der Waals surface area contributed by atoms with E-state index in [9.17, 15) is 10.1 Å². The summed E-state index contributed by atoms with van der Waals surface area (Å²) in [5.74, 6) is 0. The first-order chi connectivity index (χ1) is 9.54. The van der Waals surface area contributed by atoms with Crippen LogP contribution < -0.4 is 5.73 Å². The summed E-state index contributed by atoms with van der Waals surface area (Å²) in [6.45, 7) is 4.22. The number of nitrogens with zero attached hydrogens (tertiary/aromatic N) is 4. The minimum absolute atomic E-state index is 0.0876. The molecule has 2 aromatic rings. The van der Waals surface area contributed by atoms with Crippen LogP contribution in [0.25, 0.3) is 5.69 Å². The topological polar surface area (TPSA) is 99.9 Å². The Kier molecular flexibility index (Phi) is 4.09. The average molecular weight is 275 g/mol. The summed E-state index contributed by atoms with van der Waals surface area (Å²) in [5, 5.41) is 19.1. The maximum absolute atomic E-state index is 11.0. The molecule has 0 fully saturated rings. The van der Waals surface area contributed by atoms with Gasteiger partial charge in [0.2, 0.25) is 0 Å². The molecule has 0 radical (unpaired) electrons. The Bertz CT molecular complexity index is 636. The zero-order chi connectivity index (χ0) is 14.7. The summed E-state index contributed by atoms with van der Waals surface area (Å²) >= 11 is 0. The highest BCUT2D eigenvalue weighted by molar-refractivity contribution is 5.56. The highest BCUT2D eigenvalue weighted by Crippen LogP contribution is 2.27. The number of hydrogen-bond acceptors (Lipinski definition) is 5. The van der Waals surface area contributed by atoms with E-state index in [-0.39, 0.29) is 10.6 Å². The lowest BCUT2D eigenvalue weighted by Gasteiger charge is -2.09. The standard InChI is InChI=1S/C13H17N5O2/c1-9-5-6-12(18(19)20)10(2)13(9)17-8-11(15-16-17)4-3-7-14/h5-6,8H,3-4,7,14H2,1-2H3. The van der Waals surface area contributed by atoms with Crippen molar-refractivity contribution in [2.45, 2.75) is 26.7 Å². The molecule has 7 nitrogen and oxygen atoms in total. The monoisotopic (exact) mass is 275 g/mol. The van der Waals surface area contributed by atoms with Crippen molar-refractivity contribution in [3.63, 3.8) is 0 Å². The second kappa shape index (κ2) is 5.79. The third-order valence-electron chi connectivity index (χ3n) is 3.21. The smallest absolute Gasteiger partial charge is 0.274 e. The third-order valence-corrected chi connectivity index (χ3v) is 3.21. The highest BCUT2D eigenvalue weighted by Gasteiger charge is 2.18. The molecule has 0 atom stereocenters. The molecule has 0 unspecified atom stereocenters. The van der Waals surface area contributed by atoms with Crippen LogP contribution in [0.2, 0.25) is 0 Å². The molecule has 2 rings (SSSR count). The van der Waals surface area contributed by atoms with Gasteiger partial charge in [0.25, 0.3) is 5.69 Å². The minimum Gasteiger partial charge on any atom is -0.330 e. The van der Waals surface area contributed by atoms with E-state index >= 15 is 0 Å². The number of aryl methyl sites for hydroxylation is 2. The van der Waals surface area contributed by atoms with Gasteiger partial charge in [-0.25, -0.2) is 4.68 Å². The molecule has 2 N–H and O–H groups in total. The second-order valence-electron chi connectivity index (χ2n) is 4.68. The van der Waals surface area contributed by atoms with Crippen LogP contribution in [0.4, 0.5) is 5.69 Å². The summed E-state index contributed by atoms with van der Waals surface area (Å²) in [5.41, 5.74) is 8.61. The number of nitrogens with two attached hydrogens (primary N) is 1. The molecular weight excluding hydrogens is 258 g/mol. The molecule has 0 saturated heterocycles. The summed E-state index contributed by atoms with van der Waals surface area (Å²) in [6, 6.07) is 3.24. The Morgan fingerprint density at radius 1 is 1.40 bits per heavy atom. The van der Waals surface area contributed by atoms with E-state index in [1.54, 1.807) is 23.9 Å². The molecule has 20 heavy (non-hydrogen) atoms. The van der Waals surface area contributed by atoms with Gasteiger partial charge in [-0.15, -0.1) is 5.10 Å². The largest absolute Gasteiger partial charge is 0.330 e. The Morgan fingerprint density at radius 2 is 2.15 bits per heavy atom. The van der Waals surface area contributed by atoms with Crippen molar-refractivity contribution in [2.24, 2.45) is 5.73 Å². The first kappa shape index (κ1) is 14.1. The molecule has 0 spiro atoms. The van der Waals surface area contributed by atoms with E-state index in [1.807, 2.05) is 6.92 Å². The van der Waals surface area contributed by atoms with E-state index in [0.717, 1.165) is 24.1 Å². The number of benzene rings is 1. The molecule has 1 aromatic carbocycles. The summed E-state index contributed by atoms with van der Waals surface area (Å²) < 4.78 is 1.60. The van der Waals surface area contributed by atoms with Crippen LogP contribution in [0.1, 0.15) is 23.2 Å². The fourth-order valence-corrected chi connectivity index (χ4v) is 2.18. The first-order valence-corrected chi connectivity index (χ1v) is 6.41. The Labute approximate surface area is 116 Å². The maximum Gasteiger partial charge on any atom is 0.274 e. The van der Waals surface area contributed by atoms with Gasteiger partial charge in [0.05, 0.1) is 28.1 Å². The molecule has 0 aliphatic heterocycles. The van der Waals surface area contributed by atoms with Crippen LogP contribution in [0, 0.1) is 24.0 Å². The van der Waals surface area contributed by atoms with Crippen molar-refractivity contribution in [2.75, 3.05) is 6.54 Å². The predicted octanol–water partition coefficient (Wildman–Crippen LogP) is 1.68. The molecule has 1 heterocycles. The van der Waals surface area contributed by atoms with Crippen LogP contribution in [-0.4, -0.2) is 26.5 Å². The molecule has 0 saturated carbocycles. The fraction of sp³-hybridized carbons (Fsp3) is 0.385. The van der Waals surface area contributed by atoms with Crippen molar-refractivity contribution in [1.82, 2.24) is 15.0 Å². The van der Waals surface area contributed by atoms with Crippen LogP contribution in [0.15, 0.2) is 18.3 Å². The molecule has 106 valence electrons. The lowest BCUT2D eigenvalue weighted by Crippen LogP contribution is -2.04. The second-order valence-corrected chi connectivity index (χ2v) is 4.68. The first-order valence-electron chi connectivity index (χ1n) is 6.41. The predicted molar refractivity (Wildman–Crippen MR) is 74.9 cm³/mol. The zero-order valence-electron chi connectivity index (χ0n) is 11.5. The van der Waals surface area contributed by atoms with Crippen molar-refractivity contribution >= 4 is 5.69 Å². The van der Waals surface area contributed by atoms with Gasteiger partial charge in [-0.05, 0) is 38.8 Å². The number of aromatic nitrogens is 3. The van der Waals surface area contributed by atoms with E-state index < -0.39 is 0 Å². The van der Waals surface area contributed by atoms with E-state index in [0.29, 0.717) is 17.8 Å². The number of rotatable bonds is 5. The lowest BCUT2D eigenvalue weighted by molar-refractivity contribution is -0.385. The van der Waals surface area contributed by atoms with Crippen LogP contribution in [-0.2, 0) is 6.42 Å². The van der Waals surface area contributed by atoms with Gasteiger partial charge in [-0.3, -0.25) is 10.1 Å². The van der Waals surface area contributed by atoms with Crippen molar-refractivity contribution in [1.29, 1.82) is 0 Å². The van der Waals surface area contributed by atoms with Gasteiger partial charge >= 0.3 is 0 Å². The highest BCUT2D eigenvalue weighted by atomic mass is 16.6. The summed E-state index contributed by atoms with van der Waals surface area (Å²) in [6.07, 6.45) is 3.39. The van der Waals surface area contributed by atoms with Crippen molar-refractivity contribution in [3.05, 3.63) is 45.3 Å². The zero-order valence-corrected chi connectivity index (χ0v) is 11.5. The van der Waals surface area contributed by atoms with Gasteiger partial charge in [0.15, 0.2) is 0 Å². The van der Waals surface area contributed by atoms with Crippen LogP contribution in [0.5, 0.6) is 0 Å². The van der Waals surface area contributed by atoms with E-state index in [1.165, 1.54) is 6.07 Å². The Hall–Kier alpha value is -2.28. The number of nitro benzene ring substituents is 1. The van der Waals surface area contributed by atoms with Gasteiger partial charge in [0.1, 0.15) is 0 Å². The quantitative estimate of drug-likeness (QED) is 0.661. The molecular formula is C13H17N5O2. The maximum atomic E-state index is 11.0. The van der Waals surface area contributed by atoms with Crippen LogP contribution >= 0.6 is 0 Å². The van der Waals surface area contributed by atoms with Gasteiger partial charge < -0.3 is 5.73 Å². The van der Waals surface area contributed by atoms with E-state index in [2.05, 4.69) is 10.3 Å². The number of nitro groups is 1. The molecule has 0 bridgehead atoms. The number of hydrogen-bond donors (Lipinski definition) is 1. The fourth-order valence-electron chi connectivity index (χ4n) is 2.18. The Morgan fingerprint density at radius 3 is 2.80 bits per heavy atom. The minimum atomic E-state index is -0.384. The lowest BCUT2D eigenvalue weighted by atomic mass is 10.1. The van der Waals surface area contributed by atoms with E-state index in [4.69, 9.17) is 5.73 Å². The third kappa shape index (κ3) is 2.67. The summed E-state index contributed by atoms with van der Waals surface area (Å²) in [7, 11) is 0. The molecule has 1 aromatic heterocycles. The van der Waals surface area contributed by atoms with Gasteiger partial charge in [-0.2, -0.15) is 0 Å². The molecule has 7 heteroatoms. The SMILES string of the molecule is Cc1ccc([N+](=O)[O-])c(C)c1-n1cc(CCCN)nn1. The normalized spacial score (nSPS) is 10.8. The molecule has 0 amide bonds. The summed E-state index contributed by atoms with van der Waals surface area (Å²) in [4.78, 5) is 10.6. The van der Waals surface area contributed by atoms with Gasteiger partial charge in [0, 0.05) is 6.07 Å². The Balaban J connectivity index is 2.44. The van der Waals surface area contributed by atoms with Crippen molar-refractivity contribution < 1.29 is 4.92 Å². The van der Waals surface area contributed by atoms with Crippen LogP contribution in [0.3, 0.4) is 0 Å². The molecule has 0 aliphatic rings. The average Bonchev–Trinajstić information content (AvgIpc) is 2.84. The van der Waals surface area contributed by atoms with Crippen molar-refractivity contribution in [3.8, 4) is 5.69 Å².